The molecule has 8 heteroatoms. The zero-order valence-corrected chi connectivity index (χ0v) is 20.7. The van der Waals surface area contributed by atoms with Crippen molar-refractivity contribution >= 4 is 40.6 Å². The second-order valence-corrected chi connectivity index (χ2v) is 10.1. The van der Waals surface area contributed by atoms with Gasteiger partial charge in [0.1, 0.15) is 11.7 Å². The number of nitrogens with one attached hydrogen (secondary N) is 2. The van der Waals surface area contributed by atoms with E-state index in [1.807, 2.05) is 54.3 Å². The van der Waals surface area contributed by atoms with Gasteiger partial charge in [0.05, 0.1) is 0 Å². The molecule has 4 heterocycles. The first-order valence-corrected chi connectivity index (χ1v) is 12.7. The van der Waals surface area contributed by atoms with E-state index in [0.717, 1.165) is 40.4 Å². The third kappa shape index (κ3) is 4.12. The number of carbonyl (C=O) groups excluding carboxylic acids is 4. The Morgan fingerprint density at radius 3 is 2.57 bits per heavy atom. The number of benzene rings is 2. The van der Waals surface area contributed by atoms with Crippen LogP contribution in [0.2, 0.25) is 0 Å². The minimum absolute atomic E-state index is 0.0392. The highest BCUT2D eigenvalue weighted by atomic mass is 16.2. The molecule has 2 N–H and O–H groups in total. The normalized spacial score (nSPS) is 19.9. The average molecular weight is 497 g/mol. The van der Waals surface area contributed by atoms with Gasteiger partial charge in [-0.1, -0.05) is 35.9 Å². The minimum Gasteiger partial charge on any atom is -0.350 e. The molecule has 188 valence electrons. The Hall–Kier alpha value is -4.20. The second-order valence-electron chi connectivity index (χ2n) is 10.1. The van der Waals surface area contributed by atoms with Crippen LogP contribution < -0.4 is 5.32 Å². The average Bonchev–Trinajstić information content (AvgIpc) is 3.40. The van der Waals surface area contributed by atoms with Crippen LogP contribution in [0.15, 0.2) is 48.0 Å². The van der Waals surface area contributed by atoms with Gasteiger partial charge in [-0.3, -0.25) is 24.5 Å². The Morgan fingerprint density at radius 1 is 1.03 bits per heavy atom. The number of likely N-dealkylation sites (tertiary alicyclic amines) is 1. The maximum absolute atomic E-state index is 13.2. The summed E-state index contributed by atoms with van der Waals surface area (Å²) in [4.78, 5) is 56.7. The summed E-state index contributed by atoms with van der Waals surface area (Å²) < 4.78 is 0. The van der Waals surface area contributed by atoms with E-state index < -0.39 is 11.9 Å². The van der Waals surface area contributed by atoms with E-state index in [1.54, 1.807) is 4.90 Å². The quantitative estimate of drug-likeness (QED) is 0.542. The molecular formula is C29H28N4O4. The number of para-hydroxylation sites is 1. The molecule has 0 aliphatic carbocycles. The number of piperidine rings is 2. The number of amides is 4. The number of aromatic nitrogens is 1. The first-order chi connectivity index (χ1) is 17.9. The molecule has 4 amide bonds. The molecule has 3 aliphatic heterocycles. The lowest BCUT2D eigenvalue weighted by atomic mass is 9.98. The number of H-pyrrole nitrogens is 1. The van der Waals surface area contributed by atoms with Crippen LogP contribution in [-0.2, 0) is 16.1 Å². The highest BCUT2D eigenvalue weighted by molar-refractivity contribution is 6.05. The van der Waals surface area contributed by atoms with Crippen molar-refractivity contribution in [3.05, 3.63) is 76.0 Å². The third-order valence-electron chi connectivity index (χ3n) is 7.79. The van der Waals surface area contributed by atoms with Crippen molar-refractivity contribution in [2.75, 3.05) is 13.1 Å². The van der Waals surface area contributed by atoms with Gasteiger partial charge in [-0.05, 0) is 61.1 Å². The van der Waals surface area contributed by atoms with E-state index in [0.29, 0.717) is 37.3 Å². The number of hydrogen-bond acceptors (Lipinski definition) is 4. The molecule has 37 heavy (non-hydrogen) atoms. The lowest BCUT2D eigenvalue weighted by molar-refractivity contribution is -0.136. The van der Waals surface area contributed by atoms with Crippen molar-refractivity contribution in [1.82, 2.24) is 20.1 Å². The SMILES string of the molecule is Cc1c(C(=O)N2CCC(=Cc3ccc4c(c3)CN(C3CCC(=O)NC3=O)C4=O)CC2)[nH]c2ccccc12. The van der Waals surface area contributed by atoms with E-state index in [9.17, 15) is 19.2 Å². The summed E-state index contributed by atoms with van der Waals surface area (Å²) in [7, 11) is 0. The highest BCUT2D eigenvalue weighted by Gasteiger charge is 2.39. The van der Waals surface area contributed by atoms with Crippen LogP contribution in [0.5, 0.6) is 0 Å². The van der Waals surface area contributed by atoms with Gasteiger partial charge in [0.15, 0.2) is 0 Å². The number of rotatable bonds is 3. The fourth-order valence-corrected chi connectivity index (χ4v) is 5.72. The maximum atomic E-state index is 13.2. The van der Waals surface area contributed by atoms with E-state index in [1.165, 1.54) is 5.57 Å². The van der Waals surface area contributed by atoms with Crippen molar-refractivity contribution in [3.8, 4) is 0 Å². The largest absolute Gasteiger partial charge is 0.350 e. The van der Waals surface area contributed by atoms with Crippen molar-refractivity contribution < 1.29 is 19.2 Å². The summed E-state index contributed by atoms with van der Waals surface area (Å²) in [6.45, 7) is 3.67. The molecule has 0 saturated carbocycles. The molecule has 8 nitrogen and oxygen atoms in total. The van der Waals surface area contributed by atoms with Crippen LogP contribution in [0.3, 0.4) is 0 Å². The van der Waals surface area contributed by atoms with Crippen molar-refractivity contribution in [1.29, 1.82) is 0 Å². The zero-order chi connectivity index (χ0) is 25.7. The number of carbonyl (C=O) groups is 4. The first-order valence-electron chi connectivity index (χ1n) is 12.7. The number of fused-ring (bicyclic) bond motifs is 2. The molecule has 1 aromatic heterocycles. The molecule has 1 unspecified atom stereocenters. The van der Waals surface area contributed by atoms with E-state index in [2.05, 4.69) is 16.4 Å². The number of nitrogens with zero attached hydrogens (tertiary/aromatic N) is 2. The predicted molar refractivity (Wildman–Crippen MR) is 139 cm³/mol. The smallest absolute Gasteiger partial charge is 0.270 e. The Kier molecular flexibility index (Phi) is 5.67. The van der Waals surface area contributed by atoms with Gasteiger partial charge >= 0.3 is 0 Å². The summed E-state index contributed by atoms with van der Waals surface area (Å²) >= 11 is 0. The fourth-order valence-electron chi connectivity index (χ4n) is 5.72. The van der Waals surface area contributed by atoms with Crippen LogP contribution >= 0.6 is 0 Å². The van der Waals surface area contributed by atoms with Gasteiger partial charge in [0, 0.05) is 42.5 Å². The van der Waals surface area contributed by atoms with Gasteiger partial charge in [-0.2, -0.15) is 0 Å². The number of hydrogen-bond donors (Lipinski definition) is 2. The molecule has 1 atom stereocenters. The van der Waals surface area contributed by atoms with Gasteiger partial charge in [0.2, 0.25) is 11.8 Å². The molecule has 0 radical (unpaired) electrons. The lowest BCUT2D eigenvalue weighted by Gasteiger charge is -2.29. The standard InChI is InChI=1S/C29H28N4O4/c1-17-21-4-2-3-5-23(21)30-26(17)29(37)32-12-10-18(11-13-32)14-19-6-7-22-20(15-19)16-33(28(22)36)24-8-9-25(34)31-27(24)35/h2-7,14-15,24,30H,8-13,16H2,1H3,(H,31,34,35). The number of imide groups is 1. The van der Waals surface area contributed by atoms with Crippen LogP contribution in [0, 0.1) is 6.92 Å². The molecule has 3 aromatic rings. The van der Waals surface area contributed by atoms with Gasteiger partial charge in [-0.15, -0.1) is 0 Å². The van der Waals surface area contributed by atoms with Gasteiger partial charge in [-0.25, -0.2) is 0 Å². The van der Waals surface area contributed by atoms with Crippen molar-refractivity contribution in [2.24, 2.45) is 0 Å². The number of aryl methyl sites for hydroxylation is 1. The summed E-state index contributed by atoms with van der Waals surface area (Å²) in [5, 5.41) is 3.42. The third-order valence-corrected chi connectivity index (χ3v) is 7.79. The molecule has 0 bridgehead atoms. The molecule has 3 aliphatic rings. The Morgan fingerprint density at radius 2 is 1.81 bits per heavy atom. The summed E-state index contributed by atoms with van der Waals surface area (Å²) in [5.74, 6) is -0.813. The van der Waals surface area contributed by atoms with Crippen LogP contribution in [0.25, 0.3) is 17.0 Å². The minimum atomic E-state index is -0.609. The summed E-state index contributed by atoms with van der Waals surface area (Å²) in [5.41, 5.74) is 6.42. The topological polar surface area (TPSA) is 103 Å². The molecule has 2 aromatic carbocycles. The van der Waals surface area contributed by atoms with E-state index >= 15 is 0 Å². The Balaban J connectivity index is 1.13. The molecular weight excluding hydrogens is 468 g/mol. The molecule has 2 fully saturated rings. The van der Waals surface area contributed by atoms with Crippen LogP contribution in [0.4, 0.5) is 0 Å². The monoisotopic (exact) mass is 496 g/mol. The van der Waals surface area contributed by atoms with Crippen LogP contribution in [0.1, 0.15) is 63.2 Å². The number of aromatic amines is 1. The lowest BCUT2D eigenvalue weighted by Crippen LogP contribution is -2.52. The zero-order valence-electron chi connectivity index (χ0n) is 20.7. The predicted octanol–water partition coefficient (Wildman–Crippen LogP) is 3.56. The molecule has 2 saturated heterocycles. The van der Waals surface area contributed by atoms with Gasteiger partial charge in [0.25, 0.3) is 11.8 Å². The molecule has 0 spiro atoms. The summed E-state index contributed by atoms with van der Waals surface area (Å²) in [6.07, 6.45) is 4.34. The van der Waals surface area contributed by atoms with Crippen molar-refractivity contribution in [3.63, 3.8) is 0 Å². The fraction of sp³-hybridized carbons (Fsp3) is 0.310. The Labute approximate surface area is 214 Å². The second kappa shape index (κ2) is 9.03. The van der Waals surface area contributed by atoms with E-state index in [-0.39, 0.29) is 24.1 Å². The maximum Gasteiger partial charge on any atom is 0.270 e. The van der Waals surface area contributed by atoms with Crippen LogP contribution in [-0.4, -0.2) is 57.5 Å². The van der Waals surface area contributed by atoms with Crippen molar-refractivity contribution in [2.45, 2.75) is 45.2 Å². The summed E-state index contributed by atoms with van der Waals surface area (Å²) in [6, 6.07) is 13.1. The highest BCUT2D eigenvalue weighted by Crippen LogP contribution is 2.30. The Bertz CT molecular complexity index is 1490. The molecule has 6 rings (SSSR count). The first kappa shape index (κ1) is 23.2. The van der Waals surface area contributed by atoms with E-state index in [4.69, 9.17) is 0 Å². The van der Waals surface area contributed by atoms with Gasteiger partial charge < -0.3 is 14.8 Å².